The summed E-state index contributed by atoms with van der Waals surface area (Å²) in [5.41, 5.74) is 1.38. The summed E-state index contributed by atoms with van der Waals surface area (Å²) in [5, 5.41) is 12.2. The molecule has 1 saturated heterocycles. The van der Waals surface area contributed by atoms with Gasteiger partial charge in [-0.15, -0.1) is 0 Å². The number of fused-ring (bicyclic) bond motifs is 1. The molecule has 2 aliphatic heterocycles. The van der Waals surface area contributed by atoms with Crippen molar-refractivity contribution in [2.75, 3.05) is 23.3 Å². The molecule has 2 aliphatic rings. The minimum Gasteiger partial charge on any atom is -0.378 e. The van der Waals surface area contributed by atoms with Crippen LogP contribution in [0, 0.1) is 11.7 Å². The number of halogens is 1. The van der Waals surface area contributed by atoms with E-state index in [2.05, 4.69) is 12.2 Å². The third-order valence-corrected chi connectivity index (χ3v) is 4.45. The molecule has 1 fully saturated rings. The van der Waals surface area contributed by atoms with Crippen LogP contribution in [0.2, 0.25) is 0 Å². The summed E-state index contributed by atoms with van der Waals surface area (Å²) in [6.07, 6.45) is 2.06. The Morgan fingerprint density at radius 1 is 1.40 bits per heavy atom. The van der Waals surface area contributed by atoms with E-state index in [9.17, 15) is 14.3 Å². The molecule has 0 bridgehead atoms. The number of aliphatic hydroxyl groups is 1. The zero-order valence-corrected chi connectivity index (χ0v) is 11.5. The molecule has 3 rings (SSSR count). The Balaban J connectivity index is 1.85. The van der Waals surface area contributed by atoms with Gasteiger partial charge in [0.15, 0.2) is 6.10 Å². The third-order valence-electron chi connectivity index (χ3n) is 4.45. The summed E-state index contributed by atoms with van der Waals surface area (Å²) in [6, 6.07) is 2.92. The summed E-state index contributed by atoms with van der Waals surface area (Å²) in [7, 11) is 0. The SMILES string of the molecule is CCC1CCN(c2cc3c(cc2F)C(O)C(=O)N3)CC1. The largest absolute Gasteiger partial charge is 0.378 e. The maximum absolute atomic E-state index is 14.2. The first kappa shape index (κ1) is 13.4. The average Bonchev–Trinajstić information content (AvgIpc) is 2.74. The number of hydrogen-bond donors (Lipinski definition) is 2. The molecule has 5 heteroatoms. The van der Waals surface area contributed by atoms with Gasteiger partial charge in [-0.25, -0.2) is 4.39 Å². The normalized spacial score (nSPS) is 22.9. The Labute approximate surface area is 117 Å². The van der Waals surface area contributed by atoms with Crippen LogP contribution in [0.15, 0.2) is 12.1 Å². The molecule has 0 saturated carbocycles. The predicted molar refractivity (Wildman–Crippen MR) is 75.2 cm³/mol. The number of aliphatic hydroxyl groups excluding tert-OH is 1. The Morgan fingerprint density at radius 2 is 2.10 bits per heavy atom. The van der Waals surface area contributed by atoms with Gasteiger partial charge in [-0.05, 0) is 30.9 Å². The zero-order chi connectivity index (χ0) is 14.3. The highest BCUT2D eigenvalue weighted by molar-refractivity contribution is 6.02. The van der Waals surface area contributed by atoms with Gasteiger partial charge in [0.1, 0.15) is 5.82 Å². The number of rotatable bonds is 2. The first-order valence-electron chi connectivity index (χ1n) is 7.17. The molecular weight excluding hydrogens is 259 g/mol. The van der Waals surface area contributed by atoms with Crippen LogP contribution in [0.3, 0.4) is 0 Å². The van der Waals surface area contributed by atoms with E-state index >= 15 is 0 Å². The fourth-order valence-corrected chi connectivity index (χ4v) is 3.08. The number of nitrogens with zero attached hydrogens (tertiary/aromatic N) is 1. The molecule has 0 aliphatic carbocycles. The third kappa shape index (κ3) is 2.16. The van der Waals surface area contributed by atoms with Gasteiger partial charge in [0.25, 0.3) is 5.91 Å². The molecule has 2 N–H and O–H groups in total. The van der Waals surface area contributed by atoms with E-state index in [0.717, 1.165) is 31.8 Å². The van der Waals surface area contributed by atoms with Crippen LogP contribution in [0.5, 0.6) is 0 Å². The standard InChI is InChI=1S/C15H19FN2O2/c1-2-9-3-5-18(6-4-9)13-8-12-10(7-11(13)16)14(19)15(20)17-12/h7-9,14,19H,2-6H2,1H3,(H,17,20). The number of benzene rings is 1. The molecule has 1 atom stereocenters. The predicted octanol–water partition coefficient (Wildman–Crippen LogP) is 2.44. The van der Waals surface area contributed by atoms with Crippen LogP contribution in [0.1, 0.15) is 37.9 Å². The molecule has 108 valence electrons. The van der Waals surface area contributed by atoms with Gasteiger partial charge in [-0.3, -0.25) is 4.79 Å². The van der Waals surface area contributed by atoms with E-state index in [-0.39, 0.29) is 5.82 Å². The lowest BCUT2D eigenvalue weighted by atomic mass is 9.94. The quantitative estimate of drug-likeness (QED) is 0.873. The summed E-state index contributed by atoms with van der Waals surface area (Å²) >= 11 is 0. The Kier molecular flexibility index (Phi) is 3.38. The van der Waals surface area contributed by atoms with Crippen molar-refractivity contribution in [2.24, 2.45) is 5.92 Å². The number of anilines is 2. The van der Waals surface area contributed by atoms with Gasteiger partial charge in [0, 0.05) is 24.3 Å². The van der Waals surface area contributed by atoms with Gasteiger partial charge in [0.05, 0.1) is 5.69 Å². The van der Waals surface area contributed by atoms with Crippen LogP contribution in [0.4, 0.5) is 15.8 Å². The van der Waals surface area contributed by atoms with Crippen molar-refractivity contribution in [3.05, 3.63) is 23.5 Å². The van der Waals surface area contributed by atoms with Crippen LogP contribution >= 0.6 is 0 Å². The number of nitrogens with one attached hydrogen (secondary N) is 1. The Bertz CT molecular complexity index is 539. The molecule has 2 heterocycles. The van der Waals surface area contributed by atoms with E-state index in [1.807, 2.05) is 4.90 Å². The lowest BCUT2D eigenvalue weighted by Gasteiger charge is -2.33. The first-order chi connectivity index (χ1) is 9.60. The molecule has 0 aromatic heterocycles. The molecule has 1 unspecified atom stereocenters. The number of piperidine rings is 1. The van der Waals surface area contributed by atoms with Crippen molar-refractivity contribution in [1.29, 1.82) is 0 Å². The minimum atomic E-state index is -1.25. The van der Waals surface area contributed by atoms with E-state index < -0.39 is 12.0 Å². The molecule has 0 spiro atoms. The van der Waals surface area contributed by atoms with Crippen LogP contribution in [0.25, 0.3) is 0 Å². The Morgan fingerprint density at radius 3 is 2.75 bits per heavy atom. The van der Waals surface area contributed by atoms with Crippen LogP contribution in [-0.2, 0) is 4.79 Å². The zero-order valence-electron chi connectivity index (χ0n) is 11.5. The monoisotopic (exact) mass is 278 g/mol. The molecule has 0 radical (unpaired) electrons. The lowest BCUT2D eigenvalue weighted by molar-refractivity contribution is -0.123. The maximum atomic E-state index is 14.2. The fourth-order valence-electron chi connectivity index (χ4n) is 3.08. The van der Waals surface area contributed by atoms with Gasteiger partial charge in [-0.1, -0.05) is 13.3 Å². The second-order valence-electron chi connectivity index (χ2n) is 5.62. The van der Waals surface area contributed by atoms with Crippen molar-refractivity contribution < 1.29 is 14.3 Å². The second kappa shape index (κ2) is 5.05. The highest BCUT2D eigenvalue weighted by Gasteiger charge is 2.31. The number of carbonyl (C=O) groups is 1. The van der Waals surface area contributed by atoms with Crippen molar-refractivity contribution in [1.82, 2.24) is 0 Å². The van der Waals surface area contributed by atoms with E-state index in [0.29, 0.717) is 16.9 Å². The smallest absolute Gasteiger partial charge is 0.257 e. The van der Waals surface area contributed by atoms with Crippen molar-refractivity contribution in [3.8, 4) is 0 Å². The van der Waals surface area contributed by atoms with Crippen LogP contribution in [-0.4, -0.2) is 24.1 Å². The molecule has 1 aromatic rings. The van der Waals surface area contributed by atoms with E-state index in [1.165, 1.54) is 12.5 Å². The fraction of sp³-hybridized carbons (Fsp3) is 0.533. The molecule has 4 nitrogen and oxygen atoms in total. The van der Waals surface area contributed by atoms with Gasteiger partial charge < -0.3 is 15.3 Å². The topological polar surface area (TPSA) is 52.6 Å². The van der Waals surface area contributed by atoms with Crippen molar-refractivity contribution in [2.45, 2.75) is 32.3 Å². The molecular formula is C15H19FN2O2. The lowest BCUT2D eigenvalue weighted by Crippen LogP contribution is -2.34. The van der Waals surface area contributed by atoms with Gasteiger partial charge >= 0.3 is 0 Å². The van der Waals surface area contributed by atoms with Gasteiger partial charge in [-0.2, -0.15) is 0 Å². The Hall–Kier alpha value is -1.62. The molecule has 1 amide bonds. The summed E-state index contributed by atoms with van der Waals surface area (Å²) in [4.78, 5) is 13.4. The highest BCUT2D eigenvalue weighted by Crippen LogP contribution is 2.37. The summed E-state index contributed by atoms with van der Waals surface area (Å²) in [6.45, 7) is 3.86. The van der Waals surface area contributed by atoms with Crippen molar-refractivity contribution in [3.63, 3.8) is 0 Å². The van der Waals surface area contributed by atoms with Crippen molar-refractivity contribution >= 4 is 17.3 Å². The maximum Gasteiger partial charge on any atom is 0.257 e. The first-order valence-corrected chi connectivity index (χ1v) is 7.17. The number of carbonyl (C=O) groups excluding carboxylic acids is 1. The number of amides is 1. The minimum absolute atomic E-state index is 0.333. The van der Waals surface area contributed by atoms with Crippen LogP contribution < -0.4 is 10.2 Å². The number of hydrogen-bond acceptors (Lipinski definition) is 3. The van der Waals surface area contributed by atoms with Gasteiger partial charge in [0.2, 0.25) is 0 Å². The highest BCUT2D eigenvalue weighted by atomic mass is 19.1. The summed E-state index contributed by atoms with van der Waals surface area (Å²) < 4.78 is 14.2. The molecule has 1 aromatic carbocycles. The average molecular weight is 278 g/mol. The van der Waals surface area contributed by atoms with E-state index in [4.69, 9.17) is 0 Å². The molecule has 20 heavy (non-hydrogen) atoms. The summed E-state index contributed by atoms with van der Waals surface area (Å²) in [5.74, 6) is -0.124. The van der Waals surface area contributed by atoms with E-state index in [1.54, 1.807) is 6.07 Å². The second-order valence-corrected chi connectivity index (χ2v) is 5.62.